The lowest BCUT2D eigenvalue weighted by Gasteiger charge is -2.14. The molecule has 1 unspecified atom stereocenters. The summed E-state index contributed by atoms with van der Waals surface area (Å²) in [7, 11) is 0. The molecule has 1 heterocycles. The molecular formula is C16H26N2O2. The molecule has 0 radical (unpaired) electrons. The van der Waals surface area contributed by atoms with Gasteiger partial charge in [0.2, 0.25) is 0 Å². The van der Waals surface area contributed by atoms with E-state index in [1.807, 2.05) is 13.0 Å². The summed E-state index contributed by atoms with van der Waals surface area (Å²) >= 11 is 0. The van der Waals surface area contributed by atoms with Crippen LogP contribution in [0.25, 0.3) is 0 Å². The van der Waals surface area contributed by atoms with E-state index in [1.54, 1.807) is 0 Å². The predicted molar refractivity (Wildman–Crippen MR) is 80.0 cm³/mol. The quantitative estimate of drug-likeness (QED) is 0.840. The van der Waals surface area contributed by atoms with Crippen molar-refractivity contribution in [2.45, 2.75) is 59.1 Å². The summed E-state index contributed by atoms with van der Waals surface area (Å²) in [6, 6.07) is 2.54. The molecule has 2 N–H and O–H groups in total. The third-order valence-corrected chi connectivity index (χ3v) is 3.88. The van der Waals surface area contributed by atoms with Gasteiger partial charge in [0.15, 0.2) is 0 Å². The third-order valence-electron chi connectivity index (χ3n) is 3.88. The van der Waals surface area contributed by atoms with E-state index in [-0.39, 0.29) is 5.91 Å². The molecule has 4 nitrogen and oxygen atoms in total. The van der Waals surface area contributed by atoms with Gasteiger partial charge >= 0.3 is 0 Å². The summed E-state index contributed by atoms with van der Waals surface area (Å²) in [6.45, 7) is 8.51. The lowest BCUT2D eigenvalue weighted by molar-refractivity contribution is 0.0899. The van der Waals surface area contributed by atoms with Gasteiger partial charge < -0.3 is 15.0 Å². The molecule has 1 aromatic rings. The number of carbonyl (C=O) groups excluding carboxylic acids is 1. The van der Waals surface area contributed by atoms with Gasteiger partial charge in [-0.25, -0.2) is 0 Å². The molecule has 0 aliphatic heterocycles. The lowest BCUT2D eigenvalue weighted by Crippen LogP contribution is -2.33. The van der Waals surface area contributed by atoms with Crippen LogP contribution in [-0.2, 0) is 0 Å². The van der Waals surface area contributed by atoms with Gasteiger partial charge in [-0.2, -0.15) is 0 Å². The molecule has 1 fully saturated rings. The van der Waals surface area contributed by atoms with Gasteiger partial charge in [-0.05, 0) is 45.1 Å². The highest BCUT2D eigenvalue weighted by molar-refractivity contribution is 5.95. The van der Waals surface area contributed by atoms with Crippen LogP contribution in [0.1, 0.15) is 60.9 Å². The molecule has 0 bridgehead atoms. The number of aryl methyl sites for hydroxylation is 1. The van der Waals surface area contributed by atoms with Crippen molar-refractivity contribution in [1.82, 2.24) is 9.88 Å². The molecule has 0 saturated heterocycles. The van der Waals surface area contributed by atoms with E-state index in [0.29, 0.717) is 24.9 Å². The van der Waals surface area contributed by atoms with E-state index in [0.717, 1.165) is 17.0 Å². The van der Waals surface area contributed by atoms with Crippen LogP contribution in [0.2, 0.25) is 0 Å². The summed E-state index contributed by atoms with van der Waals surface area (Å²) in [5.74, 6) is 0.356. The zero-order valence-electron chi connectivity index (χ0n) is 12.9. The Morgan fingerprint density at radius 2 is 2.10 bits per heavy atom. The molecule has 1 aromatic heterocycles. The van der Waals surface area contributed by atoms with Crippen molar-refractivity contribution in [1.29, 1.82) is 0 Å². The van der Waals surface area contributed by atoms with Crippen LogP contribution < -0.4 is 5.32 Å². The van der Waals surface area contributed by atoms with Crippen molar-refractivity contribution in [3.63, 3.8) is 0 Å². The Bertz CT molecular complexity index is 487. The molecule has 0 spiro atoms. The Morgan fingerprint density at radius 1 is 1.45 bits per heavy atom. The van der Waals surface area contributed by atoms with E-state index >= 15 is 0 Å². The fourth-order valence-corrected chi connectivity index (χ4v) is 2.83. The van der Waals surface area contributed by atoms with Crippen molar-refractivity contribution in [2.75, 3.05) is 6.54 Å². The van der Waals surface area contributed by atoms with Crippen LogP contribution in [0.5, 0.6) is 0 Å². The second-order valence-corrected chi connectivity index (χ2v) is 6.38. The lowest BCUT2D eigenvalue weighted by atomic mass is 10.1. The van der Waals surface area contributed by atoms with Gasteiger partial charge in [-0.1, -0.05) is 13.8 Å². The summed E-state index contributed by atoms with van der Waals surface area (Å²) in [6.07, 6.45) is 2.67. The fraction of sp³-hybridized carbons (Fsp3) is 0.688. The molecule has 1 amide bonds. The second-order valence-electron chi connectivity index (χ2n) is 6.38. The van der Waals surface area contributed by atoms with Gasteiger partial charge in [-0.3, -0.25) is 4.79 Å². The van der Waals surface area contributed by atoms with Gasteiger partial charge in [0.1, 0.15) is 0 Å². The van der Waals surface area contributed by atoms with Crippen molar-refractivity contribution < 1.29 is 9.90 Å². The summed E-state index contributed by atoms with van der Waals surface area (Å²) in [4.78, 5) is 12.2. The number of hydrogen-bond acceptors (Lipinski definition) is 2. The predicted octanol–water partition coefficient (Wildman–Crippen LogP) is 2.58. The average molecular weight is 278 g/mol. The SMILES string of the molecule is Cc1cc(C(=O)NCC(O)CC(C)C)c(C)n1C1CC1. The smallest absolute Gasteiger partial charge is 0.253 e. The average Bonchev–Trinajstić information content (AvgIpc) is 3.12. The van der Waals surface area contributed by atoms with E-state index in [9.17, 15) is 9.90 Å². The second kappa shape index (κ2) is 6.00. The topological polar surface area (TPSA) is 54.3 Å². The highest BCUT2D eigenvalue weighted by atomic mass is 16.3. The first-order chi connectivity index (χ1) is 9.40. The number of aliphatic hydroxyl groups is 1. The Morgan fingerprint density at radius 3 is 2.65 bits per heavy atom. The van der Waals surface area contributed by atoms with Gasteiger partial charge in [0.05, 0.1) is 11.7 Å². The molecule has 1 saturated carbocycles. The fourth-order valence-electron chi connectivity index (χ4n) is 2.83. The van der Waals surface area contributed by atoms with Crippen molar-refractivity contribution in [3.8, 4) is 0 Å². The van der Waals surface area contributed by atoms with E-state index in [2.05, 4.69) is 30.7 Å². The number of amides is 1. The monoisotopic (exact) mass is 278 g/mol. The first kappa shape index (κ1) is 15.1. The molecule has 112 valence electrons. The molecule has 1 aliphatic rings. The highest BCUT2D eigenvalue weighted by Crippen LogP contribution is 2.38. The minimum absolute atomic E-state index is 0.0761. The zero-order valence-corrected chi connectivity index (χ0v) is 12.9. The van der Waals surface area contributed by atoms with E-state index < -0.39 is 6.10 Å². The molecule has 20 heavy (non-hydrogen) atoms. The Balaban J connectivity index is 1.97. The molecule has 0 aromatic carbocycles. The minimum atomic E-state index is -0.467. The first-order valence-corrected chi connectivity index (χ1v) is 7.54. The third kappa shape index (κ3) is 3.42. The van der Waals surface area contributed by atoms with Gasteiger partial charge in [-0.15, -0.1) is 0 Å². The van der Waals surface area contributed by atoms with Crippen LogP contribution >= 0.6 is 0 Å². The number of nitrogens with one attached hydrogen (secondary N) is 1. The normalized spacial score (nSPS) is 16.5. The number of nitrogens with zero attached hydrogens (tertiary/aromatic N) is 1. The Kier molecular flexibility index (Phi) is 4.53. The highest BCUT2D eigenvalue weighted by Gasteiger charge is 2.28. The van der Waals surface area contributed by atoms with Crippen LogP contribution in [0, 0.1) is 19.8 Å². The Labute approximate surface area is 121 Å². The van der Waals surface area contributed by atoms with Crippen molar-refractivity contribution in [2.24, 2.45) is 5.92 Å². The van der Waals surface area contributed by atoms with E-state index in [4.69, 9.17) is 0 Å². The molecule has 2 rings (SSSR count). The van der Waals surface area contributed by atoms with Crippen LogP contribution in [0.4, 0.5) is 0 Å². The van der Waals surface area contributed by atoms with Crippen molar-refractivity contribution in [3.05, 3.63) is 23.0 Å². The summed E-state index contributed by atoms with van der Waals surface area (Å²) in [5.41, 5.74) is 2.94. The largest absolute Gasteiger partial charge is 0.391 e. The van der Waals surface area contributed by atoms with Gasteiger partial charge in [0, 0.05) is 24.0 Å². The maximum atomic E-state index is 12.2. The molecule has 4 heteroatoms. The molecular weight excluding hydrogens is 252 g/mol. The number of rotatable bonds is 6. The maximum absolute atomic E-state index is 12.2. The number of hydrogen-bond donors (Lipinski definition) is 2. The maximum Gasteiger partial charge on any atom is 0.253 e. The van der Waals surface area contributed by atoms with Crippen LogP contribution in [0.3, 0.4) is 0 Å². The van der Waals surface area contributed by atoms with Crippen LogP contribution in [0.15, 0.2) is 6.07 Å². The Hall–Kier alpha value is -1.29. The van der Waals surface area contributed by atoms with Crippen molar-refractivity contribution >= 4 is 5.91 Å². The molecule has 1 aliphatic carbocycles. The first-order valence-electron chi connectivity index (χ1n) is 7.54. The van der Waals surface area contributed by atoms with E-state index in [1.165, 1.54) is 12.8 Å². The number of aromatic nitrogens is 1. The van der Waals surface area contributed by atoms with Crippen LogP contribution in [-0.4, -0.2) is 28.2 Å². The number of carbonyl (C=O) groups is 1. The summed E-state index contributed by atoms with van der Waals surface area (Å²) < 4.78 is 2.26. The number of aliphatic hydroxyl groups excluding tert-OH is 1. The minimum Gasteiger partial charge on any atom is -0.391 e. The van der Waals surface area contributed by atoms with Gasteiger partial charge in [0.25, 0.3) is 5.91 Å². The zero-order chi connectivity index (χ0) is 14.9. The summed E-state index contributed by atoms with van der Waals surface area (Å²) in [5, 5.41) is 12.7. The molecule has 1 atom stereocenters. The standard InChI is InChI=1S/C16H26N2O2/c1-10(2)7-14(19)9-17-16(20)15-8-11(3)18(12(15)4)13-5-6-13/h8,10,13-14,19H,5-7,9H2,1-4H3,(H,17,20).